The molecule has 108 valence electrons. The molecule has 1 heteroatoms. The molecule has 2 rings (SSSR count). The maximum absolute atomic E-state index is 5.81. The molecular formula is C18H30O. The van der Waals surface area contributed by atoms with Crippen molar-refractivity contribution in [2.75, 3.05) is 0 Å². The van der Waals surface area contributed by atoms with Crippen molar-refractivity contribution >= 4 is 24.3 Å². The van der Waals surface area contributed by atoms with Crippen molar-refractivity contribution < 1.29 is 4.42 Å². The summed E-state index contributed by atoms with van der Waals surface area (Å²) in [5.74, 6) is 0.556. The summed E-state index contributed by atoms with van der Waals surface area (Å²) < 4.78 is 5.81. The van der Waals surface area contributed by atoms with Crippen LogP contribution in [0.1, 0.15) is 61.3 Å². The molecule has 0 N–H and O–H groups in total. The zero-order chi connectivity index (χ0) is 14.8. The Morgan fingerprint density at radius 3 is 2.16 bits per heavy atom. The molecule has 1 heterocycles. The molecule has 0 atom stereocenters. The van der Waals surface area contributed by atoms with Crippen LogP contribution >= 0.6 is 0 Å². The second kappa shape index (κ2) is 9.66. The molecule has 0 bridgehead atoms. The highest BCUT2D eigenvalue weighted by atomic mass is 16.3. The van der Waals surface area contributed by atoms with Gasteiger partial charge in [0.15, 0.2) is 0 Å². The molecular weight excluding hydrogens is 232 g/mol. The zero-order valence-corrected chi connectivity index (χ0v) is 13.7. The predicted molar refractivity (Wildman–Crippen MR) is 87.5 cm³/mol. The molecule has 0 amide bonds. The molecule has 19 heavy (non-hydrogen) atoms. The SMILES string of the molecule is C/C=c1/oc2c(/c1=C/C(C)C)=CCCC=2.CC.CC. The Morgan fingerprint density at radius 2 is 1.63 bits per heavy atom. The average Bonchev–Trinajstić information content (AvgIpc) is 2.81. The summed E-state index contributed by atoms with van der Waals surface area (Å²) in [6, 6.07) is 0. The van der Waals surface area contributed by atoms with Crippen molar-refractivity contribution in [3.63, 3.8) is 0 Å². The van der Waals surface area contributed by atoms with Gasteiger partial charge < -0.3 is 4.42 Å². The topological polar surface area (TPSA) is 13.1 Å². The quantitative estimate of drug-likeness (QED) is 0.758. The van der Waals surface area contributed by atoms with Gasteiger partial charge in [-0.2, -0.15) is 0 Å². The van der Waals surface area contributed by atoms with Gasteiger partial charge in [-0.3, -0.25) is 0 Å². The normalized spacial score (nSPS) is 14.5. The maximum atomic E-state index is 5.81. The fourth-order valence-corrected chi connectivity index (χ4v) is 2.02. The van der Waals surface area contributed by atoms with E-state index in [9.17, 15) is 0 Å². The Bertz CT molecular complexity index is 570. The van der Waals surface area contributed by atoms with Gasteiger partial charge in [0.2, 0.25) is 0 Å². The molecule has 0 radical (unpaired) electrons. The second-order valence-electron chi connectivity index (χ2n) is 4.34. The van der Waals surface area contributed by atoms with E-state index in [1.807, 2.05) is 40.7 Å². The molecule has 1 aromatic heterocycles. The predicted octanol–water partition coefficient (Wildman–Crippen LogP) is 2.92. The number of fused-ring (bicyclic) bond motifs is 1. The van der Waals surface area contributed by atoms with Crippen LogP contribution in [0.3, 0.4) is 0 Å². The molecule has 0 aromatic carbocycles. The van der Waals surface area contributed by atoms with Gasteiger partial charge in [0.25, 0.3) is 0 Å². The molecule has 0 aliphatic heterocycles. The van der Waals surface area contributed by atoms with Crippen LogP contribution in [0.15, 0.2) is 4.42 Å². The first-order valence-electron chi connectivity index (χ1n) is 7.69. The van der Waals surface area contributed by atoms with E-state index in [1.54, 1.807) is 0 Å². The van der Waals surface area contributed by atoms with E-state index in [0.717, 1.165) is 23.7 Å². The molecule has 1 nitrogen and oxygen atoms in total. The van der Waals surface area contributed by atoms with Gasteiger partial charge in [0.1, 0.15) is 10.8 Å². The average molecular weight is 262 g/mol. The van der Waals surface area contributed by atoms with Gasteiger partial charge in [-0.25, -0.2) is 0 Å². The van der Waals surface area contributed by atoms with Gasteiger partial charge in [-0.1, -0.05) is 53.7 Å². The molecule has 0 unspecified atom stereocenters. The Hall–Kier alpha value is -1.24. The second-order valence-corrected chi connectivity index (χ2v) is 4.34. The lowest BCUT2D eigenvalue weighted by Gasteiger charge is -1.93. The summed E-state index contributed by atoms with van der Waals surface area (Å²) in [6.07, 6.45) is 11.1. The van der Waals surface area contributed by atoms with Crippen molar-refractivity contribution in [3.05, 3.63) is 21.3 Å². The van der Waals surface area contributed by atoms with Crippen LogP contribution < -0.4 is 21.3 Å². The zero-order valence-electron chi connectivity index (χ0n) is 13.7. The summed E-state index contributed by atoms with van der Waals surface area (Å²) in [5.41, 5.74) is 2.07. The van der Waals surface area contributed by atoms with Crippen molar-refractivity contribution in [1.29, 1.82) is 0 Å². The van der Waals surface area contributed by atoms with Gasteiger partial charge in [0, 0.05) is 10.4 Å². The Labute approximate surface area is 118 Å². The molecule has 0 saturated carbocycles. The summed E-state index contributed by atoms with van der Waals surface area (Å²) in [7, 11) is 0. The van der Waals surface area contributed by atoms with Crippen molar-refractivity contribution in [2.24, 2.45) is 5.92 Å². The minimum Gasteiger partial charge on any atom is -0.457 e. The molecule has 0 spiro atoms. The fraction of sp³-hybridized carbons (Fsp3) is 0.556. The molecule has 0 saturated heterocycles. The largest absolute Gasteiger partial charge is 0.457 e. The van der Waals surface area contributed by atoms with E-state index in [-0.39, 0.29) is 0 Å². The smallest absolute Gasteiger partial charge is 0.131 e. The monoisotopic (exact) mass is 262 g/mol. The van der Waals surface area contributed by atoms with Crippen LogP contribution in [0, 0.1) is 5.92 Å². The number of furan rings is 1. The van der Waals surface area contributed by atoms with Gasteiger partial charge in [0.05, 0.1) is 0 Å². The summed E-state index contributed by atoms with van der Waals surface area (Å²) >= 11 is 0. The summed E-state index contributed by atoms with van der Waals surface area (Å²) in [5, 5.41) is 2.57. The molecule has 1 aliphatic carbocycles. The summed E-state index contributed by atoms with van der Waals surface area (Å²) in [6.45, 7) is 14.4. The highest BCUT2D eigenvalue weighted by molar-refractivity contribution is 5.39. The Balaban J connectivity index is 0.000000741. The third kappa shape index (κ3) is 4.74. The van der Waals surface area contributed by atoms with Crippen molar-refractivity contribution in [3.8, 4) is 0 Å². The van der Waals surface area contributed by atoms with E-state index in [1.165, 1.54) is 10.4 Å². The van der Waals surface area contributed by atoms with Crippen LogP contribution in [0.2, 0.25) is 0 Å². The number of rotatable bonds is 1. The van der Waals surface area contributed by atoms with E-state index < -0.39 is 0 Å². The van der Waals surface area contributed by atoms with E-state index >= 15 is 0 Å². The van der Waals surface area contributed by atoms with Crippen LogP contribution in [0.5, 0.6) is 0 Å². The first-order chi connectivity index (χ1) is 9.22. The number of hydrogen-bond donors (Lipinski definition) is 0. The van der Waals surface area contributed by atoms with E-state index in [2.05, 4.69) is 32.1 Å². The maximum Gasteiger partial charge on any atom is 0.131 e. The van der Waals surface area contributed by atoms with Crippen LogP contribution in [-0.4, -0.2) is 0 Å². The first kappa shape index (κ1) is 17.8. The lowest BCUT2D eigenvalue weighted by Crippen LogP contribution is -2.38. The standard InChI is InChI=1S/C14H18O.2C2H6/c1-4-13-12(9-10(2)3)11-7-5-6-8-14(11)15-13;2*1-2/h4,7-10H,5-6H2,1-3H3;2*1-2H3/b12-9-,13-4+;;. The molecule has 1 aromatic rings. The lowest BCUT2D eigenvalue weighted by molar-refractivity contribution is 0.495. The number of hydrogen-bond acceptors (Lipinski definition) is 1. The third-order valence-corrected chi connectivity index (χ3v) is 2.65. The highest BCUT2D eigenvalue weighted by Crippen LogP contribution is 1.93. The van der Waals surface area contributed by atoms with Gasteiger partial charge in [-0.05, 0) is 37.8 Å². The first-order valence-corrected chi connectivity index (χ1v) is 7.69. The Morgan fingerprint density at radius 1 is 1.05 bits per heavy atom. The van der Waals surface area contributed by atoms with E-state index in [0.29, 0.717) is 5.92 Å². The van der Waals surface area contributed by atoms with Crippen LogP contribution in [0.25, 0.3) is 24.3 Å². The van der Waals surface area contributed by atoms with Gasteiger partial charge in [-0.15, -0.1) is 0 Å². The van der Waals surface area contributed by atoms with Crippen LogP contribution in [0.4, 0.5) is 0 Å². The lowest BCUT2D eigenvalue weighted by atomic mass is 10.1. The summed E-state index contributed by atoms with van der Waals surface area (Å²) in [4.78, 5) is 0. The van der Waals surface area contributed by atoms with E-state index in [4.69, 9.17) is 4.42 Å². The molecule has 1 aliphatic rings. The minimum absolute atomic E-state index is 0.556. The fourth-order valence-electron chi connectivity index (χ4n) is 2.02. The van der Waals surface area contributed by atoms with Gasteiger partial charge >= 0.3 is 0 Å². The highest BCUT2D eigenvalue weighted by Gasteiger charge is 2.01. The third-order valence-electron chi connectivity index (χ3n) is 2.65. The van der Waals surface area contributed by atoms with Crippen molar-refractivity contribution in [1.82, 2.24) is 0 Å². The van der Waals surface area contributed by atoms with Crippen molar-refractivity contribution in [2.45, 2.75) is 61.3 Å². The Kier molecular flexibility index (Phi) is 9.03. The molecule has 0 fully saturated rings. The van der Waals surface area contributed by atoms with Crippen LogP contribution in [-0.2, 0) is 0 Å². The minimum atomic E-state index is 0.556.